The molecule has 0 aromatic heterocycles. The van der Waals surface area contributed by atoms with Crippen molar-refractivity contribution in [2.24, 2.45) is 0 Å². The van der Waals surface area contributed by atoms with Gasteiger partial charge in [-0.2, -0.15) is 0 Å². The molecular formula is C13H19ClN2O. The molecule has 0 aliphatic rings. The second-order valence-corrected chi connectivity index (χ2v) is 4.53. The highest BCUT2D eigenvalue weighted by molar-refractivity contribution is 6.30. The number of benzene rings is 1. The first-order valence-electron chi connectivity index (χ1n) is 5.86. The van der Waals surface area contributed by atoms with E-state index >= 15 is 0 Å². The molecule has 0 spiro atoms. The van der Waals surface area contributed by atoms with Gasteiger partial charge in [-0.15, -0.1) is 0 Å². The molecular weight excluding hydrogens is 236 g/mol. The number of halogens is 1. The first-order valence-corrected chi connectivity index (χ1v) is 6.24. The summed E-state index contributed by atoms with van der Waals surface area (Å²) in [5.74, 6) is 0.00488. The van der Waals surface area contributed by atoms with E-state index in [9.17, 15) is 4.79 Å². The number of carbonyl (C=O) groups is 1. The zero-order valence-corrected chi connectivity index (χ0v) is 11.1. The molecule has 1 rings (SSSR count). The Morgan fingerprint density at radius 1 is 1.47 bits per heavy atom. The maximum Gasteiger partial charge on any atom is 0.234 e. The summed E-state index contributed by atoms with van der Waals surface area (Å²) < 4.78 is 0. The molecule has 17 heavy (non-hydrogen) atoms. The van der Waals surface area contributed by atoms with Gasteiger partial charge in [0, 0.05) is 17.6 Å². The lowest BCUT2D eigenvalue weighted by Gasteiger charge is -2.11. The van der Waals surface area contributed by atoms with Crippen LogP contribution in [0.3, 0.4) is 0 Å². The van der Waals surface area contributed by atoms with E-state index in [2.05, 4.69) is 24.5 Å². The van der Waals surface area contributed by atoms with E-state index in [1.54, 1.807) is 0 Å². The van der Waals surface area contributed by atoms with Gasteiger partial charge >= 0.3 is 0 Å². The van der Waals surface area contributed by atoms with Crippen LogP contribution >= 0.6 is 11.6 Å². The fourth-order valence-electron chi connectivity index (χ4n) is 1.32. The van der Waals surface area contributed by atoms with Crippen LogP contribution in [0, 0.1) is 0 Å². The third kappa shape index (κ3) is 5.71. The van der Waals surface area contributed by atoms with E-state index in [1.165, 1.54) is 0 Å². The molecule has 0 bridgehead atoms. The average molecular weight is 255 g/mol. The van der Waals surface area contributed by atoms with Gasteiger partial charge in [0.1, 0.15) is 0 Å². The van der Waals surface area contributed by atoms with Crippen LogP contribution in [0.25, 0.3) is 0 Å². The van der Waals surface area contributed by atoms with Gasteiger partial charge in [0.2, 0.25) is 5.91 Å². The van der Waals surface area contributed by atoms with Crippen molar-refractivity contribution in [3.8, 4) is 0 Å². The highest BCUT2D eigenvalue weighted by Gasteiger charge is 2.03. The summed E-state index contributed by atoms with van der Waals surface area (Å²) in [5, 5.41) is 6.68. The van der Waals surface area contributed by atoms with Crippen molar-refractivity contribution in [3.05, 3.63) is 34.9 Å². The Labute approximate surface area is 108 Å². The summed E-state index contributed by atoms with van der Waals surface area (Å²) in [6, 6.07) is 7.85. The Hall–Kier alpha value is -1.06. The molecule has 4 heteroatoms. The second-order valence-electron chi connectivity index (χ2n) is 4.10. The van der Waals surface area contributed by atoms with Crippen LogP contribution in [0.1, 0.15) is 25.8 Å². The van der Waals surface area contributed by atoms with E-state index in [-0.39, 0.29) is 5.91 Å². The smallest absolute Gasteiger partial charge is 0.234 e. The predicted molar refractivity (Wildman–Crippen MR) is 71.1 cm³/mol. The highest BCUT2D eigenvalue weighted by atomic mass is 35.5. The zero-order valence-electron chi connectivity index (χ0n) is 10.3. The SMILES string of the molecule is CCC(C)NCC(=O)NCc1cccc(Cl)c1. The Morgan fingerprint density at radius 3 is 2.88 bits per heavy atom. The van der Waals surface area contributed by atoms with E-state index in [0.717, 1.165) is 12.0 Å². The molecule has 0 aliphatic heterocycles. The first kappa shape index (κ1) is 14.0. The molecule has 0 saturated carbocycles. The summed E-state index contributed by atoms with van der Waals surface area (Å²) >= 11 is 5.86. The van der Waals surface area contributed by atoms with Crippen molar-refractivity contribution in [2.45, 2.75) is 32.9 Å². The van der Waals surface area contributed by atoms with Crippen molar-refractivity contribution in [2.75, 3.05) is 6.54 Å². The van der Waals surface area contributed by atoms with Gasteiger partial charge in [-0.1, -0.05) is 30.7 Å². The largest absolute Gasteiger partial charge is 0.351 e. The normalized spacial score (nSPS) is 12.2. The van der Waals surface area contributed by atoms with Gasteiger partial charge in [-0.25, -0.2) is 0 Å². The molecule has 2 N–H and O–H groups in total. The second kappa shape index (κ2) is 7.30. The Kier molecular flexibility index (Phi) is 6.01. The number of hydrogen-bond acceptors (Lipinski definition) is 2. The average Bonchev–Trinajstić information content (AvgIpc) is 2.33. The van der Waals surface area contributed by atoms with Crippen molar-refractivity contribution >= 4 is 17.5 Å². The van der Waals surface area contributed by atoms with Crippen LogP contribution in [0.4, 0.5) is 0 Å². The monoisotopic (exact) mass is 254 g/mol. The minimum absolute atomic E-state index is 0.00488. The van der Waals surface area contributed by atoms with Gasteiger partial charge in [-0.05, 0) is 31.0 Å². The summed E-state index contributed by atoms with van der Waals surface area (Å²) in [6.07, 6.45) is 1.02. The number of hydrogen-bond donors (Lipinski definition) is 2. The maximum absolute atomic E-state index is 11.5. The van der Waals surface area contributed by atoms with E-state index in [4.69, 9.17) is 11.6 Å². The molecule has 1 atom stereocenters. The minimum Gasteiger partial charge on any atom is -0.351 e. The zero-order chi connectivity index (χ0) is 12.7. The molecule has 0 saturated heterocycles. The van der Waals surface area contributed by atoms with Crippen LogP contribution in [0.2, 0.25) is 5.02 Å². The fourth-order valence-corrected chi connectivity index (χ4v) is 1.53. The van der Waals surface area contributed by atoms with Crippen molar-refractivity contribution in [3.63, 3.8) is 0 Å². The Morgan fingerprint density at radius 2 is 2.24 bits per heavy atom. The van der Waals surface area contributed by atoms with Gasteiger partial charge in [0.25, 0.3) is 0 Å². The van der Waals surface area contributed by atoms with Gasteiger partial charge < -0.3 is 10.6 Å². The molecule has 0 aliphatic carbocycles. The van der Waals surface area contributed by atoms with Gasteiger partial charge in [-0.3, -0.25) is 4.79 Å². The molecule has 0 fully saturated rings. The number of amides is 1. The number of nitrogens with one attached hydrogen (secondary N) is 2. The van der Waals surface area contributed by atoms with E-state index in [0.29, 0.717) is 24.2 Å². The number of carbonyl (C=O) groups excluding carboxylic acids is 1. The van der Waals surface area contributed by atoms with Gasteiger partial charge in [0.15, 0.2) is 0 Å². The minimum atomic E-state index is 0.00488. The predicted octanol–water partition coefficient (Wildman–Crippen LogP) is 2.34. The summed E-state index contributed by atoms with van der Waals surface area (Å²) in [7, 11) is 0. The first-order chi connectivity index (χ1) is 8.11. The number of rotatable bonds is 6. The van der Waals surface area contributed by atoms with Crippen LogP contribution in [-0.4, -0.2) is 18.5 Å². The molecule has 3 nitrogen and oxygen atoms in total. The van der Waals surface area contributed by atoms with E-state index < -0.39 is 0 Å². The fraction of sp³-hybridized carbons (Fsp3) is 0.462. The summed E-state index contributed by atoms with van der Waals surface area (Å²) in [5.41, 5.74) is 1.01. The lowest BCUT2D eigenvalue weighted by Crippen LogP contribution is -2.37. The summed E-state index contributed by atoms with van der Waals surface area (Å²) in [6.45, 7) is 5.02. The standard InChI is InChI=1S/C13H19ClN2O/c1-3-10(2)15-9-13(17)16-8-11-5-4-6-12(14)7-11/h4-7,10,15H,3,8-9H2,1-2H3,(H,16,17). The van der Waals surface area contributed by atoms with Crippen LogP contribution in [0.15, 0.2) is 24.3 Å². The third-order valence-corrected chi connectivity index (χ3v) is 2.84. The maximum atomic E-state index is 11.5. The molecule has 0 radical (unpaired) electrons. The van der Waals surface area contributed by atoms with Crippen LogP contribution < -0.4 is 10.6 Å². The lowest BCUT2D eigenvalue weighted by molar-refractivity contribution is -0.120. The molecule has 1 amide bonds. The summed E-state index contributed by atoms with van der Waals surface area (Å²) in [4.78, 5) is 11.5. The molecule has 1 unspecified atom stereocenters. The topological polar surface area (TPSA) is 41.1 Å². The van der Waals surface area contributed by atoms with Crippen molar-refractivity contribution < 1.29 is 4.79 Å². The molecule has 94 valence electrons. The van der Waals surface area contributed by atoms with Crippen LogP contribution in [0.5, 0.6) is 0 Å². The Bertz CT molecular complexity index is 368. The lowest BCUT2D eigenvalue weighted by atomic mass is 10.2. The Balaban J connectivity index is 2.28. The quantitative estimate of drug-likeness (QED) is 0.818. The molecule has 1 aromatic carbocycles. The van der Waals surface area contributed by atoms with Gasteiger partial charge in [0.05, 0.1) is 6.54 Å². The third-order valence-electron chi connectivity index (χ3n) is 2.60. The molecule has 1 aromatic rings. The van der Waals surface area contributed by atoms with E-state index in [1.807, 2.05) is 24.3 Å². The highest BCUT2D eigenvalue weighted by Crippen LogP contribution is 2.09. The molecule has 0 heterocycles. The van der Waals surface area contributed by atoms with Crippen molar-refractivity contribution in [1.82, 2.24) is 10.6 Å². The van der Waals surface area contributed by atoms with Crippen molar-refractivity contribution in [1.29, 1.82) is 0 Å². The van der Waals surface area contributed by atoms with Crippen LogP contribution in [-0.2, 0) is 11.3 Å².